The Morgan fingerprint density at radius 2 is 2.05 bits per heavy atom. The van der Waals surface area contributed by atoms with E-state index in [0.717, 1.165) is 5.56 Å². The van der Waals surface area contributed by atoms with Gasteiger partial charge in [-0.3, -0.25) is 4.79 Å². The Labute approximate surface area is 120 Å². The van der Waals surface area contributed by atoms with Crippen molar-refractivity contribution < 1.29 is 19.1 Å². The number of carbonyl (C=O) groups is 2. The van der Waals surface area contributed by atoms with Gasteiger partial charge in [0.05, 0.1) is 0 Å². The zero-order chi connectivity index (χ0) is 14.0. The first-order valence-corrected chi connectivity index (χ1v) is 6.89. The normalized spacial score (nSPS) is 22.7. The highest BCUT2D eigenvalue weighted by atomic mass is 79.9. The van der Waals surface area contributed by atoms with Crippen molar-refractivity contribution in [1.29, 1.82) is 0 Å². The van der Waals surface area contributed by atoms with E-state index in [1.165, 1.54) is 0 Å². The van der Waals surface area contributed by atoms with E-state index in [-0.39, 0.29) is 6.61 Å². The molecule has 2 atom stereocenters. The predicted molar refractivity (Wildman–Crippen MR) is 72.7 cm³/mol. The number of halogens is 1. The fourth-order valence-electron chi connectivity index (χ4n) is 1.87. The number of esters is 2. The van der Waals surface area contributed by atoms with E-state index in [4.69, 9.17) is 9.47 Å². The number of rotatable bonds is 3. The lowest BCUT2D eigenvalue weighted by molar-refractivity contribution is -0.162. The fourth-order valence-corrected chi connectivity index (χ4v) is 2.28. The molecule has 1 aliphatic heterocycles. The number of carbonyl (C=O) groups excluding carboxylic acids is 2. The van der Waals surface area contributed by atoms with E-state index >= 15 is 0 Å². The molecule has 0 spiro atoms. The number of hydrogen-bond donors (Lipinski definition) is 0. The Balaban J connectivity index is 2.07. The minimum absolute atomic E-state index is 0.266. The molecular weight excluding hydrogens is 312 g/mol. The second-order valence-corrected chi connectivity index (χ2v) is 6.10. The van der Waals surface area contributed by atoms with Crippen LogP contribution in [-0.2, 0) is 19.1 Å². The molecule has 1 aromatic carbocycles. The summed E-state index contributed by atoms with van der Waals surface area (Å²) in [6.45, 7) is 3.94. The van der Waals surface area contributed by atoms with Gasteiger partial charge in [-0.2, -0.15) is 0 Å². The zero-order valence-electron chi connectivity index (χ0n) is 10.8. The molecule has 2 rings (SSSR count). The molecule has 0 radical (unpaired) electrons. The molecule has 0 unspecified atom stereocenters. The summed E-state index contributed by atoms with van der Waals surface area (Å²) in [4.78, 5) is 23.0. The van der Waals surface area contributed by atoms with Crippen LogP contribution in [0.3, 0.4) is 0 Å². The molecule has 0 bridgehead atoms. The van der Waals surface area contributed by atoms with Gasteiger partial charge in [0.1, 0.15) is 11.4 Å². The molecule has 1 aromatic rings. The van der Waals surface area contributed by atoms with E-state index in [9.17, 15) is 9.59 Å². The van der Waals surface area contributed by atoms with Crippen LogP contribution in [0.25, 0.3) is 0 Å². The molecule has 19 heavy (non-hydrogen) atoms. The lowest BCUT2D eigenvalue weighted by atomic mass is 9.90. The van der Waals surface area contributed by atoms with Crippen LogP contribution in [0.5, 0.6) is 0 Å². The van der Waals surface area contributed by atoms with E-state index in [1.54, 1.807) is 0 Å². The monoisotopic (exact) mass is 326 g/mol. The average Bonchev–Trinajstić information content (AvgIpc) is 2.65. The summed E-state index contributed by atoms with van der Waals surface area (Å²) in [6.07, 6.45) is -0.844. The zero-order valence-corrected chi connectivity index (χ0v) is 12.3. The average molecular weight is 327 g/mol. The number of benzene rings is 1. The van der Waals surface area contributed by atoms with Crippen LogP contribution < -0.4 is 0 Å². The van der Waals surface area contributed by atoms with E-state index in [0.29, 0.717) is 0 Å². The molecule has 1 fully saturated rings. The summed E-state index contributed by atoms with van der Waals surface area (Å²) in [5.74, 6) is -0.964. The Bertz CT molecular complexity index is 483. The standard InChI is InChI=1S/C14H15BrO4/c1-14(2)8-18-13(17)11(14)19-12(16)10(15)9-6-4-3-5-7-9/h3-7,10-11H,8H2,1-2H3/t10-,11-/m0/s1. The van der Waals surface area contributed by atoms with Crippen LogP contribution in [0.4, 0.5) is 0 Å². The minimum Gasteiger partial charge on any atom is -0.462 e. The Kier molecular flexibility index (Phi) is 3.94. The van der Waals surface area contributed by atoms with Crippen molar-refractivity contribution in [1.82, 2.24) is 0 Å². The fraction of sp³-hybridized carbons (Fsp3) is 0.429. The molecular formula is C14H15BrO4. The third-order valence-electron chi connectivity index (χ3n) is 3.04. The van der Waals surface area contributed by atoms with Crippen molar-refractivity contribution in [2.75, 3.05) is 6.61 Å². The van der Waals surface area contributed by atoms with Gasteiger partial charge >= 0.3 is 11.9 Å². The first kappa shape index (κ1) is 14.1. The van der Waals surface area contributed by atoms with Crippen LogP contribution in [0.15, 0.2) is 30.3 Å². The smallest absolute Gasteiger partial charge is 0.348 e. The van der Waals surface area contributed by atoms with Crippen LogP contribution in [0.1, 0.15) is 24.2 Å². The van der Waals surface area contributed by atoms with Crippen LogP contribution in [0, 0.1) is 5.41 Å². The lowest BCUT2D eigenvalue weighted by Gasteiger charge is -2.22. The summed E-state index contributed by atoms with van der Waals surface area (Å²) in [5.41, 5.74) is 0.299. The molecule has 4 nitrogen and oxygen atoms in total. The van der Waals surface area contributed by atoms with Crippen molar-refractivity contribution >= 4 is 27.9 Å². The van der Waals surface area contributed by atoms with Gasteiger partial charge in [0.2, 0.25) is 6.10 Å². The molecule has 0 amide bonds. The summed E-state index contributed by atoms with van der Waals surface area (Å²) in [7, 11) is 0. The summed E-state index contributed by atoms with van der Waals surface area (Å²) in [6, 6.07) is 9.18. The van der Waals surface area contributed by atoms with E-state index < -0.39 is 28.3 Å². The molecule has 1 aliphatic rings. The molecule has 0 aliphatic carbocycles. The van der Waals surface area contributed by atoms with Crippen LogP contribution in [-0.4, -0.2) is 24.6 Å². The van der Waals surface area contributed by atoms with Gasteiger partial charge in [0, 0.05) is 5.41 Å². The third kappa shape index (κ3) is 2.97. The molecule has 5 heteroatoms. The summed E-state index contributed by atoms with van der Waals surface area (Å²) >= 11 is 3.29. The second-order valence-electron chi connectivity index (χ2n) is 5.19. The van der Waals surface area contributed by atoms with Crippen molar-refractivity contribution in [3.05, 3.63) is 35.9 Å². The van der Waals surface area contributed by atoms with Crippen molar-refractivity contribution in [2.24, 2.45) is 5.41 Å². The van der Waals surface area contributed by atoms with Gasteiger partial charge in [-0.1, -0.05) is 60.1 Å². The minimum atomic E-state index is -0.844. The molecule has 0 saturated carbocycles. The van der Waals surface area contributed by atoms with Crippen molar-refractivity contribution in [2.45, 2.75) is 24.8 Å². The maximum Gasteiger partial charge on any atom is 0.348 e. The van der Waals surface area contributed by atoms with E-state index in [2.05, 4.69) is 15.9 Å². The van der Waals surface area contributed by atoms with Gasteiger partial charge < -0.3 is 9.47 Å². The molecule has 0 aromatic heterocycles. The maximum atomic E-state index is 12.1. The molecule has 1 heterocycles. The number of ether oxygens (including phenoxy) is 2. The van der Waals surface area contributed by atoms with Gasteiger partial charge in [-0.05, 0) is 5.56 Å². The van der Waals surface area contributed by atoms with Crippen LogP contribution in [0.2, 0.25) is 0 Å². The Hall–Kier alpha value is -1.36. The van der Waals surface area contributed by atoms with Crippen LogP contribution >= 0.6 is 15.9 Å². The van der Waals surface area contributed by atoms with Gasteiger partial charge in [-0.25, -0.2) is 4.79 Å². The van der Waals surface area contributed by atoms with Gasteiger partial charge in [0.15, 0.2) is 0 Å². The van der Waals surface area contributed by atoms with Crippen molar-refractivity contribution in [3.8, 4) is 0 Å². The largest absolute Gasteiger partial charge is 0.462 e. The topological polar surface area (TPSA) is 52.6 Å². The quantitative estimate of drug-likeness (QED) is 0.633. The summed E-state index contributed by atoms with van der Waals surface area (Å²) < 4.78 is 10.2. The predicted octanol–water partition coefficient (Wildman–Crippen LogP) is 2.62. The number of cyclic esters (lactones) is 1. The molecule has 1 saturated heterocycles. The SMILES string of the molecule is CC1(C)COC(=O)[C@@H]1OC(=O)[C@@H](Br)c1ccccc1. The third-order valence-corrected chi connectivity index (χ3v) is 3.95. The van der Waals surface area contributed by atoms with Gasteiger partial charge in [-0.15, -0.1) is 0 Å². The second kappa shape index (κ2) is 5.33. The first-order chi connectivity index (χ1) is 8.92. The Morgan fingerprint density at radius 1 is 1.42 bits per heavy atom. The van der Waals surface area contributed by atoms with Gasteiger partial charge in [0.25, 0.3) is 0 Å². The highest BCUT2D eigenvalue weighted by molar-refractivity contribution is 9.09. The van der Waals surface area contributed by atoms with Crippen molar-refractivity contribution in [3.63, 3.8) is 0 Å². The lowest BCUT2D eigenvalue weighted by Crippen LogP contribution is -2.35. The highest BCUT2D eigenvalue weighted by Gasteiger charge is 2.47. The number of hydrogen-bond acceptors (Lipinski definition) is 4. The number of alkyl halides is 1. The maximum absolute atomic E-state index is 12.1. The molecule has 0 N–H and O–H groups in total. The molecule has 102 valence electrons. The first-order valence-electron chi connectivity index (χ1n) is 5.98. The summed E-state index contributed by atoms with van der Waals surface area (Å²) in [5, 5.41) is 0. The van der Waals surface area contributed by atoms with E-state index in [1.807, 2.05) is 44.2 Å². The Morgan fingerprint density at radius 3 is 2.58 bits per heavy atom. The highest BCUT2D eigenvalue weighted by Crippen LogP contribution is 2.33.